The van der Waals surface area contributed by atoms with Crippen molar-refractivity contribution >= 4 is 34.8 Å². The number of ether oxygens (including phenoxy) is 2. The van der Waals surface area contributed by atoms with Gasteiger partial charge in [-0.1, -0.05) is 29.3 Å². The van der Waals surface area contributed by atoms with Gasteiger partial charge in [0.2, 0.25) is 0 Å². The van der Waals surface area contributed by atoms with Crippen molar-refractivity contribution in [2.45, 2.75) is 13.8 Å². The Morgan fingerprint density at radius 1 is 1.11 bits per heavy atom. The zero-order valence-corrected chi connectivity index (χ0v) is 16.8. The largest absolute Gasteiger partial charge is 0.486 e. The number of rotatable bonds is 3. The maximum Gasteiger partial charge on any atom is 0.255 e. The fraction of sp³-hybridized carbons (Fsp3) is 0.200. The van der Waals surface area contributed by atoms with Crippen molar-refractivity contribution in [1.29, 1.82) is 0 Å². The first kappa shape index (κ1) is 18.7. The molecule has 1 aliphatic rings. The lowest BCUT2D eigenvalue weighted by Gasteiger charge is -2.20. The highest BCUT2D eigenvalue weighted by Gasteiger charge is 2.18. The number of halogens is 2. The molecular weight excluding hydrogens is 401 g/mol. The predicted octanol–water partition coefficient (Wildman–Crippen LogP) is 4.82. The van der Waals surface area contributed by atoms with Crippen LogP contribution in [0, 0.1) is 13.8 Å². The number of carbonyl (C=O) groups is 1. The van der Waals surface area contributed by atoms with Crippen LogP contribution in [0.3, 0.4) is 0 Å². The third kappa shape index (κ3) is 3.41. The van der Waals surface area contributed by atoms with E-state index in [0.29, 0.717) is 46.0 Å². The average Bonchev–Trinajstić information content (AvgIpc) is 2.96. The Hall–Kier alpha value is -2.70. The van der Waals surface area contributed by atoms with Gasteiger partial charge in [0.15, 0.2) is 11.5 Å². The van der Waals surface area contributed by atoms with Gasteiger partial charge in [-0.25, -0.2) is 4.68 Å². The van der Waals surface area contributed by atoms with Crippen molar-refractivity contribution in [3.05, 3.63) is 63.4 Å². The highest BCUT2D eigenvalue weighted by Crippen LogP contribution is 2.38. The zero-order chi connectivity index (χ0) is 19.8. The molecule has 2 heterocycles. The van der Waals surface area contributed by atoms with Crippen LogP contribution in [0.4, 0.5) is 5.69 Å². The van der Waals surface area contributed by atoms with Crippen LogP contribution in [0.5, 0.6) is 11.5 Å². The number of fused-ring (bicyclic) bond motifs is 1. The van der Waals surface area contributed by atoms with Crippen LogP contribution in [0.1, 0.15) is 21.7 Å². The van der Waals surface area contributed by atoms with E-state index in [2.05, 4.69) is 10.4 Å². The molecule has 28 heavy (non-hydrogen) atoms. The highest BCUT2D eigenvalue weighted by molar-refractivity contribution is 6.34. The summed E-state index contributed by atoms with van der Waals surface area (Å²) in [5, 5.41) is 8.24. The summed E-state index contributed by atoms with van der Waals surface area (Å²) in [6, 6.07) is 10.4. The van der Waals surface area contributed by atoms with Gasteiger partial charge < -0.3 is 14.8 Å². The van der Waals surface area contributed by atoms with Gasteiger partial charge in [-0.2, -0.15) is 5.10 Å². The van der Waals surface area contributed by atoms with E-state index in [4.69, 9.17) is 32.7 Å². The van der Waals surface area contributed by atoms with E-state index in [-0.39, 0.29) is 5.91 Å². The van der Waals surface area contributed by atoms with Crippen LogP contribution in [-0.4, -0.2) is 28.9 Å². The molecule has 0 spiro atoms. The van der Waals surface area contributed by atoms with Gasteiger partial charge >= 0.3 is 0 Å². The Morgan fingerprint density at radius 3 is 2.50 bits per heavy atom. The van der Waals surface area contributed by atoms with E-state index in [1.54, 1.807) is 35.0 Å². The molecular formula is C20H17Cl2N3O3. The average molecular weight is 418 g/mol. The van der Waals surface area contributed by atoms with Crippen molar-refractivity contribution in [3.8, 4) is 17.2 Å². The Morgan fingerprint density at radius 2 is 1.82 bits per heavy atom. The summed E-state index contributed by atoms with van der Waals surface area (Å²) in [5.74, 6) is 0.822. The monoisotopic (exact) mass is 417 g/mol. The Labute approximate surface area is 172 Å². The Kier molecular flexibility index (Phi) is 4.91. The lowest BCUT2D eigenvalue weighted by Crippen LogP contribution is -2.17. The highest BCUT2D eigenvalue weighted by atomic mass is 35.5. The minimum atomic E-state index is -0.298. The van der Waals surface area contributed by atoms with Crippen LogP contribution >= 0.6 is 23.2 Å². The second-order valence-corrected chi connectivity index (χ2v) is 7.16. The third-order valence-electron chi connectivity index (χ3n) is 4.44. The summed E-state index contributed by atoms with van der Waals surface area (Å²) in [5.41, 5.74) is 3.21. The number of nitrogens with zero attached hydrogens (tertiary/aromatic N) is 2. The van der Waals surface area contributed by atoms with Gasteiger partial charge in [0.1, 0.15) is 13.2 Å². The molecule has 0 atom stereocenters. The molecule has 1 amide bonds. The SMILES string of the molecule is Cc1nn(-c2cccc(C(=O)Nc3cc4c(cc3Cl)OCCO4)c2)c(C)c1Cl. The topological polar surface area (TPSA) is 65.4 Å². The number of anilines is 1. The van der Waals surface area contributed by atoms with Crippen LogP contribution < -0.4 is 14.8 Å². The second-order valence-electron chi connectivity index (χ2n) is 6.38. The number of hydrogen-bond donors (Lipinski definition) is 1. The zero-order valence-electron chi connectivity index (χ0n) is 15.3. The second kappa shape index (κ2) is 7.37. The maximum absolute atomic E-state index is 12.8. The van der Waals surface area contributed by atoms with Gasteiger partial charge in [-0.3, -0.25) is 4.79 Å². The summed E-state index contributed by atoms with van der Waals surface area (Å²) in [6.07, 6.45) is 0. The van der Waals surface area contributed by atoms with Gasteiger partial charge in [-0.05, 0) is 32.0 Å². The predicted molar refractivity (Wildman–Crippen MR) is 108 cm³/mol. The van der Waals surface area contributed by atoms with Crippen molar-refractivity contribution in [1.82, 2.24) is 9.78 Å². The fourth-order valence-corrected chi connectivity index (χ4v) is 3.33. The molecule has 1 aromatic heterocycles. The molecule has 3 aromatic rings. The molecule has 0 saturated carbocycles. The fourth-order valence-electron chi connectivity index (χ4n) is 3.01. The smallest absolute Gasteiger partial charge is 0.255 e. The molecule has 1 aliphatic heterocycles. The summed E-state index contributed by atoms with van der Waals surface area (Å²) in [7, 11) is 0. The molecule has 1 N–H and O–H groups in total. The van der Waals surface area contributed by atoms with E-state index >= 15 is 0 Å². The van der Waals surface area contributed by atoms with Crippen LogP contribution in [0.25, 0.3) is 5.69 Å². The number of hydrogen-bond acceptors (Lipinski definition) is 4. The summed E-state index contributed by atoms with van der Waals surface area (Å²) in [4.78, 5) is 12.8. The number of nitrogens with one attached hydrogen (secondary N) is 1. The molecule has 0 saturated heterocycles. The van der Waals surface area contributed by atoms with Gasteiger partial charge in [0.25, 0.3) is 5.91 Å². The van der Waals surface area contributed by atoms with Gasteiger partial charge in [0.05, 0.1) is 32.8 Å². The number of aryl methyl sites for hydroxylation is 1. The number of amides is 1. The molecule has 144 valence electrons. The maximum atomic E-state index is 12.8. The van der Waals surface area contributed by atoms with Gasteiger partial charge in [0, 0.05) is 17.7 Å². The van der Waals surface area contributed by atoms with E-state index < -0.39 is 0 Å². The van der Waals surface area contributed by atoms with E-state index in [9.17, 15) is 4.79 Å². The molecule has 8 heteroatoms. The molecule has 0 fully saturated rings. The molecule has 0 aliphatic carbocycles. The molecule has 6 nitrogen and oxygen atoms in total. The Balaban J connectivity index is 1.62. The van der Waals surface area contributed by atoms with Gasteiger partial charge in [-0.15, -0.1) is 0 Å². The summed E-state index contributed by atoms with van der Waals surface area (Å²) in [6.45, 7) is 4.64. The summed E-state index contributed by atoms with van der Waals surface area (Å²) < 4.78 is 12.8. The van der Waals surface area contributed by atoms with Crippen molar-refractivity contribution < 1.29 is 14.3 Å². The first-order valence-corrected chi connectivity index (χ1v) is 9.42. The Bertz CT molecular complexity index is 1080. The minimum Gasteiger partial charge on any atom is -0.486 e. The third-order valence-corrected chi connectivity index (χ3v) is 5.30. The van der Waals surface area contributed by atoms with E-state index in [1.165, 1.54) is 0 Å². The number of aromatic nitrogens is 2. The molecule has 0 unspecified atom stereocenters. The van der Waals surface area contributed by atoms with Crippen molar-refractivity contribution in [3.63, 3.8) is 0 Å². The summed E-state index contributed by atoms with van der Waals surface area (Å²) >= 11 is 12.5. The lowest BCUT2D eigenvalue weighted by atomic mass is 10.1. The molecule has 0 bridgehead atoms. The minimum absolute atomic E-state index is 0.298. The van der Waals surface area contributed by atoms with Crippen LogP contribution in [-0.2, 0) is 0 Å². The normalized spacial score (nSPS) is 12.7. The quantitative estimate of drug-likeness (QED) is 0.663. The first-order chi connectivity index (χ1) is 13.4. The number of carbonyl (C=O) groups excluding carboxylic acids is 1. The number of benzene rings is 2. The van der Waals surface area contributed by atoms with E-state index in [0.717, 1.165) is 17.1 Å². The molecule has 0 radical (unpaired) electrons. The van der Waals surface area contributed by atoms with Crippen LogP contribution in [0.2, 0.25) is 10.0 Å². The van der Waals surface area contributed by atoms with Crippen molar-refractivity contribution in [2.75, 3.05) is 18.5 Å². The lowest BCUT2D eigenvalue weighted by molar-refractivity contribution is 0.102. The van der Waals surface area contributed by atoms with Crippen LogP contribution in [0.15, 0.2) is 36.4 Å². The molecule has 2 aromatic carbocycles. The standard InChI is InChI=1S/C20H17Cl2N3O3/c1-11-19(22)12(2)25(24-11)14-5-3-4-13(8-14)20(26)23-16-10-18-17(9-15(16)21)27-6-7-28-18/h3-5,8-10H,6-7H2,1-2H3,(H,23,26). The first-order valence-electron chi connectivity index (χ1n) is 8.66. The van der Waals surface area contributed by atoms with E-state index in [1.807, 2.05) is 19.9 Å². The van der Waals surface area contributed by atoms with Crippen molar-refractivity contribution in [2.24, 2.45) is 0 Å². The molecule has 4 rings (SSSR count).